The molecule has 9 heteroatoms. The second kappa shape index (κ2) is 7.14. The monoisotopic (exact) mass is 379 g/mol. The largest absolute Gasteiger partial charge is 0.379 e. The summed E-state index contributed by atoms with van der Waals surface area (Å²) in [5.41, 5.74) is 7.00. The third-order valence-electron chi connectivity index (χ3n) is 4.23. The van der Waals surface area contributed by atoms with Gasteiger partial charge in [-0.05, 0) is 31.0 Å². The van der Waals surface area contributed by atoms with Gasteiger partial charge in [0.25, 0.3) is 0 Å². The van der Waals surface area contributed by atoms with Gasteiger partial charge in [0.2, 0.25) is 0 Å². The quantitative estimate of drug-likeness (QED) is 0.807. The summed E-state index contributed by atoms with van der Waals surface area (Å²) in [6.45, 7) is 1.29. The van der Waals surface area contributed by atoms with Gasteiger partial charge in [-0.2, -0.15) is 13.9 Å². The van der Waals surface area contributed by atoms with Gasteiger partial charge in [-0.1, -0.05) is 18.7 Å². The van der Waals surface area contributed by atoms with Crippen molar-refractivity contribution in [2.75, 3.05) is 0 Å². The highest BCUT2D eigenvalue weighted by atomic mass is 32.2. The average molecular weight is 379 g/mol. The number of rotatable bonds is 5. The molecule has 2 aromatic heterocycles. The summed E-state index contributed by atoms with van der Waals surface area (Å²) in [5, 5.41) is 4.33. The smallest absolute Gasteiger partial charge is 0.333 e. The van der Waals surface area contributed by atoms with Crippen LogP contribution in [0, 0.1) is 0 Å². The maximum absolute atomic E-state index is 12.6. The molecule has 1 aliphatic rings. The number of nitrogens with zero attached hydrogens (tertiary/aromatic N) is 4. The van der Waals surface area contributed by atoms with Crippen LogP contribution in [-0.2, 0) is 12.0 Å². The van der Waals surface area contributed by atoms with Crippen LogP contribution in [0.5, 0.6) is 0 Å². The van der Waals surface area contributed by atoms with Crippen molar-refractivity contribution in [3.63, 3.8) is 0 Å². The van der Waals surface area contributed by atoms with E-state index in [0.29, 0.717) is 15.1 Å². The molecule has 2 N–H and O–H groups in total. The minimum absolute atomic E-state index is 0.0734. The number of pyridine rings is 1. The van der Waals surface area contributed by atoms with E-state index < -0.39 is 12.1 Å². The van der Waals surface area contributed by atoms with Gasteiger partial charge in [-0.15, -0.1) is 0 Å². The van der Waals surface area contributed by atoms with Gasteiger partial charge >= 0.3 is 6.55 Å². The Morgan fingerprint density at radius 3 is 2.96 bits per heavy atom. The van der Waals surface area contributed by atoms with Crippen LogP contribution >= 0.6 is 11.8 Å². The van der Waals surface area contributed by atoms with Crippen molar-refractivity contribution in [2.24, 2.45) is 10.7 Å². The fourth-order valence-electron chi connectivity index (χ4n) is 3.04. The molecule has 0 aromatic carbocycles. The molecule has 0 amide bonds. The van der Waals surface area contributed by atoms with E-state index in [1.165, 1.54) is 11.8 Å². The topological polar surface area (TPSA) is 86.2 Å². The van der Waals surface area contributed by atoms with Gasteiger partial charge in [-0.3, -0.25) is 9.78 Å². The molecule has 0 saturated heterocycles. The normalized spacial score (nSPS) is 23.1. The number of hydrogen-bond acceptors (Lipinski definition) is 6. The van der Waals surface area contributed by atoms with Gasteiger partial charge < -0.3 is 5.73 Å². The number of thioether (sulfide) groups is 1. The fourth-order valence-corrected chi connectivity index (χ4v) is 4.11. The third-order valence-corrected chi connectivity index (χ3v) is 5.13. The molecule has 0 aliphatic carbocycles. The van der Waals surface area contributed by atoms with Crippen LogP contribution < -0.4 is 5.73 Å². The molecule has 2 aromatic rings. The van der Waals surface area contributed by atoms with E-state index in [9.17, 15) is 13.6 Å². The van der Waals surface area contributed by atoms with Crippen LogP contribution in [0.4, 0.5) is 8.78 Å². The van der Waals surface area contributed by atoms with Crippen molar-refractivity contribution in [3.8, 4) is 0 Å². The van der Waals surface area contributed by atoms with Gasteiger partial charge in [0.15, 0.2) is 11.0 Å². The maximum Gasteiger partial charge on any atom is 0.333 e. The standard InChI is InChI=1S/C17H19F2N5OS/c1-10-7-17(2,23-16(20)26-10)14-6-11(3-4-21-14)5-13(25)12-8-22-24(9-12)15(18)19/h3-4,6,8-10,15H,5,7H2,1-2H3,(H2,20,23)/t10-,17+/m1/s1. The average Bonchev–Trinajstić information content (AvgIpc) is 3.04. The first-order chi connectivity index (χ1) is 12.3. The predicted octanol–water partition coefficient (Wildman–Crippen LogP) is 3.15. The van der Waals surface area contributed by atoms with Crippen molar-refractivity contribution < 1.29 is 13.6 Å². The highest BCUT2D eigenvalue weighted by Gasteiger charge is 2.34. The third kappa shape index (κ3) is 3.92. The van der Waals surface area contributed by atoms with E-state index in [0.717, 1.165) is 30.1 Å². The summed E-state index contributed by atoms with van der Waals surface area (Å²) >= 11 is 1.53. The molecular formula is C17H19F2N5OS. The molecule has 0 spiro atoms. The molecule has 0 saturated carbocycles. The Morgan fingerprint density at radius 1 is 1.54 bits per heavy atom. The molecule has 26 heavy (non-hydrogen) atoms. The number of hydrogen-bond donors (Lipinski definition) is 1. The van der Waals surface area contributed by atoms with Crippen LogP contribution in [0.3, 0.4) is 0 Å². The lowest BCUT2D eigenvalue weighted by molar-refractivity contribution is 0.0565. The Morgan fingerprint density at radius 2 is 2.31 bits per heavy atom. The van der Waals surface area contributed by atoms with E-state index in [4.69, 9.17) is 5.73 Å². The minimum atomic E-state index is -2.77. The summed E-state index contributed by atoms with van der Waals surface area (Å²) in [7, 11) is 0. The van der Waals surface area contributed by atoms with E-state index in [-0.39, 0.29) is 17.8 Å². The Kier molecular flexibility index (Phi) is 5.08. The maximum atomic E-state index is 12.6. The fraction of sp³-hybridized carbons (Fsp3) is 0.412. The summed E-state index contributed by atoms with van der Waals surface area (Å²) in [6.07, 6.45) is 4.70. The van der Waals surface area contributed by atoms with Crippen molar-refractivity contribution in [3.05, 3.63) is 47.5 Å². The highest BCUT2D eigenvalue weighted by Crippen LogP contribution is 2.37. The zero-order chi connectivity index (χ0) is 18.9. The number of Topliss-reactive ketones (excluding diaryl/α,β-unsaturated/α-hetero) is 1. The second-order valence-corrected chi connectivity index (χ2v) is 7.95. The van der Waals surface area contributed by atoms with Gasteiger partial charge in [-0.25, -0.2) is 9.67 Å². The zero-order valence-corrected chi connectivity index (χ0v) is 15.2. The lowest BCUT2D eigenvalue weighted by atomic mass is 9.90. The molecule has 6 nitrogen and oxygen atoms in total. The number of carbonyl (C=O) groups excluding carboxylic acids is 1. The zero-order valence-electron chi connectivity index (χ0n) is 14.4. The number of aliphatic imine (C=N–C) groups is 1. The number of amidine groups is 1. The van der Waals surface area contributed by atoms with Gasteiger partial charge in [0.05, 0.1) is 17.5 Å². The Hall–Kier alpha value is -2.29. The predicted molar refractivity (Wildman–Crippen MR) is 96.4 cm³/mol. The van der Waals surface area contributed by atoms with E-state index in [1.54, 1.807) is 12.3 Å². The Labute approximate surface area is 153 Å². The van der Waals surface area contributed by atoms with Crippen molar-refractivity contribution in [2.45, 2.75) is 44.0 Å². The summed E-state index contributed by atoms with van der Waals surface area (Å²) in [4.78, 5) is 21.3. The first-order valence-corrected chi connectivity index (χ1v) is 8.98. The van der Waals surface area contributed by atoms with Crippen LogP contribution in [-0.4, -0.2) is 31.0 Å². The minimum Gasteiger partial charge on any atom is -0.379 e. The Balaban J connectivity index is 1.81. The molecule has 3 rings (SSSR count). The number of nitrogens with two attached hydrogens (primary N) is 1. The lowest BCUT2D eigenvalue weighted by Gasteiger charge is -2.32. The SMILES string of the molecule is C[C@@H]1C[C@@](C)(c2cc(CC(=O)c3cnn(C(F)F)c3)ccn2)N=C(N)S1. The highest BCUT2D eigenvalue weighted by molar-refractivity contribution is 8.14. The molecular weight excluding hydrogens is 360 g/mol. The number of carbonyl (C=O) groups is 1. The molecule has 3 heterocycles. The number of halogens is 2. The van der Waals surface area contributed by atoms with E-state index in [1.807, 2.05) is 13.0 Å². The number of alkyl halides is 2. The van der Waals surface area contributed by atoms with E-state index >= 15 is 0 Å². The molecule has 0 bridgehead atoms. The van der Waals surface area contributed by atoms with Crippen LogP contribution in [0.1, 0.15) is 48.4 Å². The summed E-state index contributed by atoms with van der Waals surface area (Å²) in [6, 6.07) is 3.56. The van der Waals surface area contributed by atoms with Crippen LogP contribution in [0.2, 0.25) is 0 Å². The molecule has 138 valence electrons. The van der Waals surface area contributed by atoms with Gasteiger partial charge in [0.1, 0.15) is 5.54 Å². The van der Waals surface area contributed by atoms with E-state index in [2.05, 4.69) is 22.0 Å². The van der Waals surface area contributed by atoms with Gasteiger partial charge in [0, 0.05) is 24.1 Å². The summed E-state index contributed by atoms with van der Waals surface area (Å²) < 4.78 is 25.6. The Bertz CT molecular complexity index is 853. The first kappa shape index (κ1) is 18.5. The first-order valence-electron chi connectivity index (χ1n) is 8.10. The summed E-state index contributed by atoms with van der Waals surface area (Å²) in [5.74, 6) is -0.283. The van der Waals surface area contributed by atoms with Crippen molar-refractivity contribution in [1.29, 1.82) is 0 Å². The molecule has 2 atom stereocenters. The number of aromatic nitrogens is 3. The number of ketones is 1. The molecule has 1 aliphatic heterocycles. The van der Waals surface area contributed by atoms with Crippen molar-refractivity contribution in [1.82, 2.24) is 14.8 Å². The van der Waals surface area contributed by atoms with Crippen molar-refractivity contribution >= 4 is 22.7 Å². The molecule has 0 unspecified atom stereocenters. The molecule has 0 radical (unpaired) electrons. The van der Waals surface area contributed by atoms with Crippen LogP contribution in [0.25, 0.3) is 0 Å². The lowest BCUT2D eigenvalue weighted by Crippen LogP contribution is -2.33. The second-order valence-electron chi connectivity index (χ2n) is 6.49. The molecule has 0 fully saturated rings. The van der Waals surface area contributed by atoms with Crippen LogP contribution in [0.15, 0.2) is 35.7 Å².